The van der Waals surface area contributed by atoms with Crippen molar-refractivity contribution in [3.05, 3.63) is 88.9 Å². The zero-order valence-corrected chi connectivity index (χ0v) is 19.5. The number of methoxy groups -OCH3 is 1. The highest BCUT2D eigenvalue weighted by atomic mass is 35.5. The summed E-state index contributed by atoms with van der Waals surface area (Å²) in [4.78, 5) is 29.7. The lowest BCUT2D eigenvalue weighted by molar-refractivity contribution is -0.123. The Morgan fingerprint density at radius 2 is 1.94 bits per heavy atom. The van der Waals surface area contributed by atoms with Crippen molar-refractivity contribution in [3.63, 3.8) is 0 Å². The molecule has 2 heterocycles. The minimum absolute atomic E-state index is 0.115. The molecule has 3 aromatic rings. The summed E-state index contributed by atoms with van der Waals surface area (Å²) < 4.78 is 5.34. The molecular weight excluding hydrogens is 458 g/mol. The Bertz CT molecular complexity index is 1240. The van der Waals surface area contributed by atoms with E-state index in [0.29, 0.717) is 29.6 Å². The number of amides is 3. The molecule has 1 N–H and O–H groups in total. The van der Waals surface area contributed by atoms with Crippen LogP contribution in [-0.4, -0.2) is 36.2 Å². The molecule has 3 amide bonds. The second kappa shape index (κ2) is 8.65. The van der Waals surface area contributed by atoms with Gasteiger partial charge in [0.2, 0.25) is 0 Å². The summed E-state index contributed by atoms with van der Waals surface area (Å²) in [5, 5.41) is 3.44. The van der Waals surface area contributed by atoms with Crippen molar-refractivity contribution in [1.82, 2.24) is 4.90 Å². The first kappa shape index (κ1) is 21.7. The maximum Gasteiger partial charge on any atom is 0.323 e. The summed E-state index contributed by atoms with van der Waals surface area (Å²) in [6.45, 7) is 0.850. The summed E-state index contributed by atoms with van der Waals surface area (Å²) in [5.74, 6) is 1.28. The van der Waals surface area contributed by atoms with Gasteiger partial charge >= 0.3 is 6.03 Å². The van der Waals surface area contributed by atoms with E-state index in [9.17, 15) is 9.59 Å². The van der Waals surface area contributed by atoms with Crippen LogP contribution in [0, 0.1) is 0 Å². The number of anilines is 2. The fourth-order valence-electron chi connectivity index (χ4n) is 4.44. The minimum atomic E-state index is -1.10. The van der Waals surface area contributed by atoms with Crippen LogP contribution in [0.15, 0.2) is 72.8 Å². The van der Waals surface area contributed by atoms with Gasteiger partial charge in [0.05, 0.1) is 19.3 Å². The number of nitrogens with one attached hydrogen (secondary N) is 1. The molecule has 5 rings (SSSR count). The number of benzene rings is 3. The molecule has 1 atom stereocenters. The maximum absolute atomic E-state index is 14.0. The summed E-state index contributed by atoms with van der Waals surface area (Å²) in [5.41, 5.74) is 3.20. The van der Waals surface area contributed by atoms with Crippen LogP contribution in [-0.2, 0) is 16.2 Å². The van der Waals surface area contributed by atoms with Crippen molar-refractivity contribution in [1.29, 1.82) is 0 Å². The first-order chi connectivity index (χ1) is 16.0. The summed E-state index contributed by atoms with van der Waals surface area (Å²) in [6.07, 6.45) is 0. The fourth-order valence-corrected chi connectivity index (χ4v) is 6.09. The van der Waals surface area contributed by atoms with Crippen molar-refractivity contribution < 1.29 is 14.3 Å². The number of carbonyl (C=O) groups is 2. The van der Waals surface area contributed by atoms with E-state index < -0.39 is 4.87 Å². The molecule has 6 nitrogen and oxygen atoms in total. The van der Waals surface area contributed by atoms with Crippen molar-refractivity contribution in [3.8, 4) is 5.75 Å². The lowest BCUT2D eigenvalue weighted by Gasteiger charge is -2.33. The molecule has 1 saturated heterocycles. The number of halogens is 1. The Labute approximate surface area is 201 Å². The van der Waals surface area contributed by atoms with Crippen molar-refractivity contribution in [2.45, 2.75) is 11.4 Å². The molecule has 0 bridgehead atoms. The smallest absolute Gasteiger partial charge is 0.323 e. The third-order valence-corrected chi connectivity index (χ3v) is 7.55. The number of hydrogen-bond donors (Lipinski definition) is 1. The molecular formula is C25H22ClN3O3S. The van der Waals surface area contributed by atoms with Crippen LogP contribution in [0.2, 0.25) is 5.02 Å². The Morgan fingerprint density at radius 1 is 1.12 bits per heavy atom. The van der Waals surface area contributed by atoms with Gasteiger partial charge in [-0.05, 0) is 42.0 Å². The summed E-state index contributed by atoms with van der Waals surface area (Å²) >= 11 is 7.58. The standard InChI is InChI=1S/C25H22ClN3O3S/c1-32-20-9-4-6-17(14-20)16-28-22-11-3-2-10-21(22)25(23(28)30)29(12-13-33-25)24(31)27-19-8-5-7-18(26)15-19/h2-11,14-15H,12-13,16H2,1H3,(H,27,31)/t25-/m0/s1. The number of carbonyl (C=O) groups excluding carboxylic acids is 2. The zero-order valence-electron chi connectivity index (χ0n) is 18.0. The number of fused-ring (bicyclic) bond motifs is 2. The number of para-hydroxylation sites is 1. The molecule has 168 valence electrons. The average molecular weight is 480 g/mol. The van der Waals surface area contributed by atoms with Crippen LogP contribution in [0.1, 0.15) is 11.1 Å². The molecule has 3 aromatic carbocycles. The highest BCUT2D eigenvalue weighted by Gasteiger charge is 2.59. The van der Waals surface area contributed by atoms with Gasteiger partial charge in [0.15, 0.2) is 4.87 Å². The van der Waals surface area contributed by atoms with Crippen LogP contribution in [0.25, 0.3) is 0 Å². The lowest BCUT2D eigenvalue weighted by Crippen LogP contribution is -2.51. The van der Waals surface area contributed by atoms with Gasteiger partial charge in [-0.3, -0.25) is 9.69 Å². The van der Waals surface area contributed by atoms with Crippen LogP contribution in [0.4, 0.5) is 16.2 Å². The van der Waals surface area contributed by atoms with E-state index in [2.05, 4.69) is 5.32 Å². The summed E-state index contributed by atoms with van der Waals surface area (Å²) in [7, 11) is 1.62. The molecule has 0 unspecified atom stereocenters. The highest BCUT2D eigenvalue weighted by molar-refractivity contribution is 8.01. The van der Waals surface area contributed by atoms with Gasteiger partial charge in [-0.25, -0.2) is 4.79 Å². The number of thioether (sulfide) groups is 1. The number of rotatable bonds is 4. The van der Waals surface area contributed by atoms with Gasteiger partial charge in [-0.15, -0.1) is 11.8 Å². The number of ether oxygens (including phenoxy) is 1. The van der Waals surface area contributed by atoms with E-state index in [1.165, 1.54) is 11.8 Å². The second-order valence-electron chi connectivity index (χ2n) is 7.84. The topological polar surface area (TPSA) is 61.9 Å². The SMILES string of the molecule is COc1cccc(CN2C(=O)[C@@]3(SCCN3C(=O)Nc3cccc(Cl)c3)c3ccccc32)c1. The first-order valence-corrected chi connectivity index (χ1v) is 11.9. The number of hydrogen-bond acceptors (Lipinski definition) is 4. The van der Waals surface area contributed by atoms with Gasteiger partial charge in [0.25, 0.3) is 5.91 Å². The normalized spacial score (nSPS) is 19.2. The molecule has 0 saturated carbocycles. The average Bonchev–Trinajstić information content (AvgIpc) is 3.37. The van der Waals surface area contributed by atoms with Crippen LogP contribution < -0.4 is 15.0 Å². The third kappa shape index (κ3) is 3.71. The Morgan fingerprint density at radius 3 is 2.76 bits per heavy atom. The highest BCUT2D eigenvalue weighted by Crippen LogP contribution is 2.54. The Kier molecular flexibility index (Phi) is 5.68. The number of urea groups is 1. The van der Waals surface area contributed by atoms with E-state index in [0.717, 1.165) is 22.6 Å². The molecule has 2 aliphatic heterocycles. The molecule has 2 aliphatic rings. The van der Waals surface area contributed by atoms with Crippen molar-refractivity contribution in [2.24, 2.45) is 0 Å². The molecule has 0 aliphatic carbocycles. The zero-order chi connectivity index (χ0) is 23.0. The second-order valence-corrected chi connectivity index (χ2v) is 9.57. The minimum Gasteiger partial charge on any atom is -0.497 e. The maximum atomic E-state index is 14.0. The van der Waals surface area contributed by atoms with E-state index >= 15 is 0 Å². The van der Waals surface area contributed by atoms with Crippen molar-refractivity contribution >= 4 is 46.7 Å². The predicted molar refractivity (Wildman–Crippen MR) is 132 cm³/mol. The molecule has 0 radical (unpaired) electrons. The predicted octanol–water partition coefficient (Wildman–Crippen LogP) is 5.33. The van der Waals surface area contributed by atoms with Crippen LogP contribution in [0.3, 0.4) is 0 Å². The molecule has 33 heavy (non-hydrogen) atoms. The number of nitrogens with zero attached hydrogens (tertiary/aromatic N) is 2. The summed E-state index contributed by atoms with van der Waals surface area (Å²) in [6, 6.07) is 22.0. The van der Waals surface area contributed by atoms with E-state index in [4.69, 9.17) is 16.3 Å². The fraction of sp³-hybridized carbons (Fsp3) is 0.200. The molecule has 1 fully saturated rings. The van der Waals surface area contributed by atoms with Crippen molar-refractivity contribution in [2.75, 3.05) is 29.6 Å². The molecule has 0 aromatic heterocycles. The van der Waals surface area contributed by atoms with Gasteiger partial charge in [0.1, 0.15) is 5.75 Å². The first-order valence-electron chi connectivity index (χ1n) is 10.6. The molecule has 8 heteroatoms. The van der Waals surface area contributed by atoms with Crippen LogP contribution >= 0.6 is 23.4 Å². The lowest BCUT2D eigenvalue weighted by atomic mass is 10.1. The van der Waals surface area contributed by atoms with E-state index in [1.807, 2.05) is 48.5 Å². The third-order valence-electron chi connectivity index (χ3n) is 5.90. The van der Waals surface area contributed by atoms with Gasteiger partial charge < -0.3 is 15.0 Å². The Balaban J connectivity index is 1.50. The van der Waals surface area contributed by atoms with Gasteiger partial charge in [-0.1, -0.05) is 48.0 Å². The van der Waals surface area contributed by atoms with Crippen LogP contribution in [0.5, 0.6) is 5.75 Å². The quantitative estimate of drug-likeness (QED) is 0.549. The van der Waals surface area contributed by atoms with Gasteiger partial charge in [0, 0.05) is 28.6 Å². The monoisotopic (exact) mass is 479 g/mol. The van der Waals surface area contributed by atoms with E-state index in [1.54, 1.807) is 41.2 Å². The van der Waals surface area contributed by atoms with Gasteiger partial charge in [-0.2, -0.15) is 0 Å². The Hall–Kier alpha value is -3.16. The van der Waals surface area contributed by atoms with E-state index in [-0.39, 0.29) is 11.9 Å². The molecule has 1 spiro atoms. The largest absolute Gasteiger partial charge is 0.497 e.